The maximum Gasteiger partial charge on any atom is 0.321 e. The maximum absolute atomic E-state index is 12.7. The van der Waals surface area contributed by atoms with E-state index in [0.29, 0.717) is 0 Å². The fourth-order valence-electron chi connectivity index (χ4n) is 3.35. The van der Waals surface area contributed by atoms with Crippen molar-refractivity contribution in [3.63, 3.8) is 0 Å². The van der Waals surface area contributed by atoms with Crippen molar-refractivity contribution in [1.29, 1.82) is 0 Å². The average Bonchev–Trinajstić information content (AvgIpc) is 2.62. The van der Waals surface area contributed by atoms with Gasteiger partial charge in [-0.1, -0.05) is 51.8 Å². The van der Waals surface area contributed by atoms with Crippen LogP contribution in [0.4, 0.5) is 10.5 Å². The Kier molecular flexibility index (Phi) is 7.57. The van der Waals surface area contributed by atoms with Crippen molar-refractivity contribution in [2.24, 2.45) is 0 Å². The van der Waals surface area contributed by atoms with Crippen LogP contribution in [-0.2, 0) is 12.8 Å². The van der Waals surface area contributed by atoms with Gasteiger partial charge in [-0.3, -0.25) is 4.90 Å². The van der Waals surface area contributed by atoms with Crippen molar-refractivity contribution in [2.75, 3.05) is 38.0 Å². The number of carbonyl (C=O) groups is 1. The van der Waals surface area contributed by atoms with E-state index in [4.69, 9.17) is 0 Å². The van der Waals surface area contributed by atoms with Crippen molar-refractivity contribution in [2.45, 2.75) is 52.9 Å². The Morgan fingerprint density at radius 1 is 1.00 bits per heavy atom. The van der Waals surface area contributed by atoms with Gasteiger partial charge in [0.2, 0.25) is 0 Å². The van der Waals surface area contributed by atoms with Gasteiger partial charge in [-0.05, 0) is 36.9 Å². The Balaban J connectivity index is 1.90. The van der Waals surface area contributed by atoms with Crippen LogP contribution in [0.2, 0.25) is 0 Å². The number of hydrogen-bond acceptors (Lipinski definition) is 2. The first-order valence-electron chi connectivity index (χ1n) is 9.58. The lowest BCUT2D eigenvalue weighted by Crippen LogP contribution is -2.50. The van der Waals surface area contributed by atoms with E-state index in [2.05, 4.69) is 49.2 Å². The van der Waals surface area contributed by atoms with Gasteiger partial charge in [0.1, 0.15) is 0 Å². The molecule has 0 spiro atoms. The van der Waals surface area contributed by atoms with E-state index in [0.717, 1.165) is 44.7 Å². The van der Waals surface area contributed by atoms with Gasteiger partial charge >= 0.3 is 6.03 Å². The molecule has 1 aliphatic heterocycles. The number of nitrogens with one attached hydrogen (secondary N) is 1. The zero-order chi connectivity index (χ0) is 17.4. The molecule has 4 nitrogen and oxygen atoms in total. The number of unbranched alkanes of at least 4 members (excludes halogenated alkanes) is 2. The molecule has 2 amide bonds. The number of hydrogen-bond donors (Lipinski definition) is 1. The van der Waals surface area contributed by atoms with E-state index in [1.165, 1.54) is 36.9 Å². The predicted molar refractivity (Wildman–Crippen MR) is 102 cm³/mol. The zero-order valence-corrected chi connectivity index (χ0v) is 15.6. The van der Waals surface area contributed by atoms with Crippen molar-refractivity contribution < 1.29 is 4.79 Å². The number of amides is 2. The molecular weight excluding hydrogens is 298 g/mol. The fourth-order valence-corrected chi connectivity index (χ4v) is 3.35. The normalized spacial score (nSPS) is 15.5. The predicted octanol–water partition coefficient (Wildman–Crippen LogP) is 4.15. The second-order valence-corrected chi connectivity index (χ2v) is 6.62. The van der Waals surface area contributed by atoms with Crippen LogP contribution < -0.4 is 5.32 Å². The van der Waals surface area contributed by atoms with Crippen molar-refractivity contribution in [1.82, 2.24) is 9.80 Å². The maximum atomic E-state index is 12.7. The molecule has 24 heavy (non-hydrogen) atoms. The Morgan fingerprint density at radius 3 is 2.17 bits per heavy atom. The molecule has 2 rings (SSSR count). The molecule has 1 N–H and O–H groups in total. The molecule has 1 aliphatic rings. The van der Waals surface area contributed by atoms with Crippen LogP contribution >= 0.6 is 0 Å². The molecule has 134 valence electrons. The highest BCUT2D eigenvalue weighted by Crippen LogP contribution is 2.23. The number of nitrogens with zero attached hydrogens (tertiary/aromatic N) is 2. The summed E-state index contributed by atoms with van der Waals surface area (Å²) >= 11 is 0. The Bertz CT molecular complexity index is 499. The summed E-state index contributed by atoms with van der Waals surface area (Å²) in [7, 11) is 0. The third-order valence-electron chi connectivity index (χ3n) is 4.97. The minimum atomic E-state index is 0.0545. The molecule has 1 fully saturated rings. The molecule has 4 heteroatoms. The third kappa shape index (κ3) is 4.97. The van der Waals surface area contributed by atoms with Gasteiger partial charge in [0, 0.05) is 31.9 Å². The highest BCUT2D eigenvalue weighted by atomic mass is 16.2. The molecule has 1 aromatic rings. The largest absolute Gasteiger partial charge is 0.322 e. The Morgan fingerprint density at radius 2 is 1.62 bits per heavy atom. The summed E-state index contributed by atoms with van der Waals surface area (Å²) in [5.41, 5.74) is 3.47. The SMILES string of the molecule is CCCCCN1CCN(C(=O)Nc2c(CC)cccc2CC)CC1. The number of para-hydroxylation sites is 1. The topological polar surface area (TPSA) is 35.6 Å². The van der Waals surface area contributed by atoms with Crippen LogP contribution in [0.15, 0.2) is 18.2 Å². The summed E-state index contributed by atoms with van der Waals surface area (Å²) in [6.45, 7) is 11.3. The van der Waals surface area contributed by atoms with Gasteiger partial charge in [0.15, 0.2) is 0 Å². The smallest absolute Gasteiger partial charge is 0.321 e. The first-order chi connectivity index (χ1) is 11.7. The molecule has 0 bridgehead atoms. The molecule has 0 atom stereocenters. The minimum absolute atomic E-state index is 0.0545. The van der Waals surface area contributed by atoms with Crippen molar-refractivity contribution in [3.05, 3.63) is 29.3 Å². The number of rotatable bonds is 7. The lowest BCUT2D eigenvalue weighted by molar-refractivity contribution is 0.146. The number of aryl methyl sites for hydroxylation is 2. The fraction of sp³-hybridized carbons (Fsp3) is 0.650. The third-order valence-corrected chi connectivity index (χ3v) is 4.97. The summed E-state index contributed by atoms with van der Waals surface area (Å²) in [6, 6.07) is 6.36. The average molecular weight is 332 g/mol. The minimum Gasteiger partial charge on any atom is -0.322 e. The highest BCUT2D eigenvalue weighted by molar-refractivity contribution is 5.91. The Labute approximate surface area is 147 Å². The van der Waals surface area contributed by atoms with Crippen LogP contribution in [0.1, 0.15) is 51.2 Å². The van der Waals surface area contributed by atoms with Crippen molar-refractivity contribution in [3.8, 4) is 0 Å². The summed E-state index contributed by atoms with van der Waals surface area (Å²) < 4.78 is 0. The number of benzene rings is 1. The summed E-state index contributed by atoms with van der Waals surface area (Å²) in [6.07, 6.45) is 5.71. The zero-order valence-electron chi connectivity index (χ0n) is 15.6. The van der Waals surface area contributed by atoms with Crippen LogP contribution in [-0.4, -0.2) is 48.6 Å². The van der Waals surface area contributed by atoms with E-state index in [-0.39, 0.29) is 6.03 Å². The quantitative estimate of drug-likeness (QED) is 0.762. The molecule has 0 saturated carbocycles. The van der Waals surface area contributed by atoms with Gasteiger partial charge < -0.3 is 10.2 Å². The molecule has 1 aromatic carbocycles. The van der Waals surface area contributed by atoms with Crippen LogP contribution in [0.5, 0.6) is 0 Å². The number of urea groups is 1. The number of anilines is 1. The van der Waals surface area contributed by atoms with Gasteiger partial charge in [0.05, 0.1) is 0 Å². The van der Waals surface area contributed by atoms with Crippen LogP contribution in [0, 0.1) is 0 Å². The first kappa shape index (κ1) is 18.8. The monoisotopic (exact) mass is 331 g/mol. The standard InChI is InChI=1S/C20H33N3O/c1-4-7-8-12-22-13-15-23(16-14-22)20(24)21-19-17(5-2)10-9-11-18(19)6-3/h9-11H,4-8,12-16H2,1-3H3,(H,21,24). The molecular formula is C20H33N3O. The molecule has 0 radical (unpaired) electrons. The number of piperazine rings is 1. The van der Waals surface area contributed by atoms with E-state index in [9.17, 15) is 4.79 Å². The van der Waals surface area contributed by atoms with E-state index in [1.54, 1.807) is 0 Å². The molecule has 0 unspecified atom stereocenters. The van der Waals surface area contributed by atoms with E-state index >= 15 is 0 Å². The van der Waals surface area contributed by atoms with Gasteiger partial charge in [-0.15, -0.1) is 0 Å². The van der Waals surface area contributed by atoms with Gasteiger partial charge in [-0.25, -0.2) is 4.79 Å². The molecule has 0 aliphatic carbocycles. The van der Waals surface area contributed by atoms with E-state index in [1.807, 2.05) is 4.90 Å². The lowest BCUT2D eigenvalue weighted by Gasteiger charge is -2.35. The number of carbonyl (C=O) groups excluding carboxylic acids is 1. The summed E-state index contributed by atoms with van der Waals surface area (Å²) in [4.78, 5) is 17.1. The molecule has 1 heterocycles. The summed E-state index contributed by atoms with van der Waals surface area (Å²) in [5.74, 6) is 0. The molecule has 0 aromatic heterocycles. The van der Waals surface area contributed by atoms with Crippen LogP contribution in [0.25, 0.3) is 0 Å². The summed E-state index contributed by atoms with van der Waals surface area (Å²) in [5, 5.41) is 3.19. The van der Waals surface area contributed by atoms with Gasteiger partial charge in [0.25, 0.3) is 0 Å². The molecule has 1 saturated heterocycles. The van der Waals surface area contributed by atoms with Crippen LogP contribution in [0.3, 0.4) is 0 Å². The van der Waals surface area contributed by atoms with E-state index < -0.39 is 0 Å². The first-order valence-corrected chi connectivity index (χ1v) is 9.58. The highest BCUT2D eigenvalue weighted by Gasteiger charge is 2.21. The lowest BCUT2D eigenvalue weighted by atomic mass is 10.0. The van der Waals surface area contributed by atoms with Gasteiger partial charge in [-0.2, -0.15) is 0 Å². The Hall–Kier alpha value is -1.55. The second-order valence-electron chi connectivity index (χ2n) is 6.62. The van der Waals surface area contributed by atoms with Crippen molar-refractivity contribution >= 4 is 11.7 Å². The second kappa shape index (κ2) is 9.67.